The minimum absolute atomic E-state index is 0.206. The van der Waals surface area contributed by atoms with Crippen molar-refractivity contribution in [2.75, 3.05) is 37.7 Å². The molecule has 0 saturated carbocycles. The second-order valence-corrected chi connectivity index (χ2v) is 8.42. The number of carbonyl (C=O) groups is 1. The van der Waals surface area contributed by atoms with Gasteiger partial charge in [0.2, 0.25) is 5.95 Å². The summed E-state index contributed by atoms with van der Waals surface area (Å²) in [5.41, 5.74) is 1.03. The van der Waals surface area contributed by atoms with Crippen molar-refractivity contribution in [2.45, 2.75) is 30.4 Å². The fourth-order valence-corrected chi connectivity index (χ4v) is 4.62. The highest BCUT2D eigenvalue weighted by Gasteiger charge is 2.24. The lowest BCUT2D eigenvalue weighted by molar-refractivity contribution is 0.0522. The summed E-state index contributed by atoms with van der Waals surface area (Å²) in [4.78, 5) is 38.1. The van der Waals surface area contributed by atoms with Gasteiger partial charge in [-0.1, -0.05) is 29.8 Å². The summed E-state index contributed by atoms with van der Waals surface area (Å²) in [7, 11) is 1.68. The lowest BCUT2D eigenvalue weighted by Gasteiger charge is -2.28. The summed E-state index contributed by atoms with van der Waals surface area (Å²) in [6.45, 7) is 7.46. The predicted octanol–water partition coefficient (Wildman–Crippen LogP) is 1.89. The van der Waals surface area contributed by atoms with Crippen LogP contribution in [0.5, 0.6) is 0 Å². The number of piperazine rings is 1. The topological polar surface area (TPSA) is 94.3 Å². The molecule has 0 unspecified atom stereocenters. The molecule has 0 spiro atoms. The van der Waals surface area contributed by atoms with Crippen LogP contribution >= 0.6 is 11.8 Å². The molecule has 1 saturated heterocycles. The number of rotatable bonds is 6. The molecule has 0 atom stereocenters. The molecule has 0 radical (unpaired) electrons. The Hall–Kier alpha value is -3.29. The second-order valence-electron chi connectivity index (χ2n) is 7.41. The number of imidazole rings is 1. The molecule has 2 aromatic heterocycles. The lowest BCUT2D eigenvalue weighted by Crippen LogP contribution is -2.44. The summed E-state index contributed by atoms with van der Waals surface area (Å²) >= 11 is 1.24. The third kappa shape index (κ3) is 4.60. The van der Waals surface area contributed by atoms with Gasteiger partial charge in [0.15, 0.2) is 16.3 Å². The number of anilines is 1. The van der Waals surface area contributed by atoms with Gasteiger partial charge in [0, 0.05) is 38.1 Å². The largest absolute Gasteiger partial charge is 0.462 e. The number of benzene rings is 1. The second kappa shape index (κ2) is 10.1. The molecule has 10 heteroatoms. The van der Waals surface area contributed by atoms with E-state index in [4.69, 9.17) is 14.7 Å². The van der Waals surface area contributed by atoms with Crippen LogP contribution in [0.15, 0.2) is 39.1 Å². The van der Waals surface area contributed by atoms with Crippen LogP contribution < -0.4 is 15.8 Å². The maximum atomic E-state index is 13.4. The maximum absolute atomic E-state index is 13.4. The molecule has 9 nitrogen and oxygen atoms in total. The number of ether oxygens (including phenoxy) is 1. The molecule has 4 rings (SSSR count). The van der Waals surface area contributed by atoms with E-state index in [1.165, 1.54) is 16.3 Å². The Labute approximate surface area is 196 Å². The van der Waals surface area contributed by atoms with Gasteiger partial charge >= 0.3 is 5.97 Å². The van der Waals surface area contributed by atoms with Gasteiger partial charge in [0.1, 0.15) is 0 Å². The fourth-order valence-electron chi connectivity index (χ4n) is 3.67. The van der Waals surface area contributed by atoms with Gasteiger partial charge in [-0.25, -0.2) is 9.78 Å². The summed E-state index contributed by atoms with van der Waals surface area (Å²) in [6.07, 6.45) is 0. The number of aromatic nitrogens is 4. The number of esters is 1. The van der Waals surface area contributed by atoms with Crippen molar-refractivity contribution < 1.29 is 9.53 Å². The Balaban J connectivity index is 1.81. The first-order valence-electron chi connectivity index (χ1n) is 10.8. The van der Waals surface area contributed by atoms with Crippen molar-refractivity contribution in [1.82, 2.24) is 24.4 Å². The Morgan fingerprint density at radius 2 is 2.00 bits per heavy atom. The monoisotopic (exact) mass is 466 g/mol. The van der Waals surface area contributed by atoms with Gasteiger partial charge in [-0.15, -0.1) is 5.92 Å². The van der Waals surface area contributed by atoms with E-state index in [1.54, 1.807) is 33.0 Å². The zero-order valence-corrected chi connectivity index (χ0v) is 19.7. The third-order valence-corrected chi connectivity index (χ3v) is 6.45. The van der Waals surface area contributed by atoms with Gasteiger partial charge in [-0.3, -0.25) is 13.9 Å². The van der Waals surface area contributed by atoms with Crippen LogP contribution in [0.3, 0.4) is 0 Å². The van der Waals surface area contributed by atoms with Crippen molar-refractivity contribution in [3.63, 3.8) is 0 Å². The van der Waals surface area contributed by atoms with Crippen molar-refractivity contribution in [3.8, 4) is 11.8 Å². The smallest absolute Gasteiger partial charge is 0.339 e. The standard InChI is InChI=1S/C23H26N6O3S/c1-4-6-13-29-18-19(25-22(29)28-14-11-24-12-15-28)26-23(27(3)20(18)30)33-17-10-8-7-9-16(17)21(31)32-5-2/h7-10,24H,5,11-15H2,1-3H3. The van der Waals surface area contributed by atoms with Gasteiger partial charge in [0.25, 0.3) is 5.56 Å². The number of nitrogens with one attached hydrogen (secondary N) is 1. The average Bonchev–Trinajstić information content (AvgIpc) is 3.20. The predicted molar refractivity (Wildman–Crippen MR) is 128 cm³/mol. The van der Waals surface area contributed by atoms with Crippen molar-refractivity contribution in [3.05, 3.63) is 40.2 Å². The molecule has 0 aliphatic carbocycles. The maximum Gasteiger partial charge on any atom is 0.339 e. The minimum Gasteiger partial charge on any atom is -0.462 e. The quantitative estimate of drug-likeness (QED) is 0.334. The van der Waals surface area contributed by atoms with Crippen LogP contribution in [0, 0.1) is 11.8 Å². The highest BCUT2D eigenvalue weighted by molar-refractivity contribution is 7.99. The van der Waals surface area contributed by atoms with Crippen LogP contribution in [-0.4, -0.2) is 57.9 Å². The van der Waals surface area contributed by atoms with Gasteiger partial charge < -0.3 is 15.0 Å². The molecule has 3 aromatic rings. The van der Waals surface area contributed by atoms with E-state index in [2.05, 4.69) is 22.1 Å². The van der Waals surface area contributed by atoms with E-state index < -0.39 is 5.97 Å². The molecule has 0 bridgehead atoms. The van der Waals surface area contributed by atoms with Crippen LogP contribution in [0.25, 0.3) is 11.2 Å². The first kappa shape index (κ1) is 22.9. The minimum atomic E-state index is -0.407. The molecule has 3 heterocycles. The van der Waals surface area contributed by atoms with E-state index in [1.807, 2.05) is 16.7 Å². The molecule has 1 fully saturated rings. The van der Waals surface area contributed by atoms with E-state index >= 15 is 0 Å². The Morgan fingerprint density at radius 3 is 2.73 bits per heavy atom. The molecule has 1 aliphatic heterocycles. The molecule has 172 valence electrons. The number of hydrogen-bond donors (Lipinski definition) is 1. The molecular weight excluding hydrogens is 440 g/mol. The molecular formula is C23H26N6O3S. The fraction of sp³-hybridized carbons (Fsp3) is 0.391. The highest BCUT2D eigenvalue weighted by atomic mass is 32.2. The number of carbonyl (C=O) groups excluding carboxylic acids is 1. The number of fused-ring (bicyclic) bond motifs is 1. The highest BCUT2D eigenvalue weighted by Crippen LogP contribution is 2.30. The summed E-state index contributed by atoms with van der Waals surface area (Å²) in [6, 6.07) is 7.14. The summed E-state index contributed by atoms with van der Waals surface area (Å²) < 4.78 is 8.52. The van der Waals surface area contributed by atoms with Crippen molar-refractivity contribution >= 4 is 34.8 Å². The summed E-state index contributed by atoms with van der Waals surface area (Å²) in [5.74, 6) is 6.25. The van der Waals surface area contributed by atoms with E-state index in [9.17, 15) is 9.59 Å². The SMILES string of the molecule is CC#CCn1c(N2CCNCC2)nc2nc(Sc3ccccc3C(=O)OCC)n(C)c(=O)c21. The Morgan fingerprint density at radius 1 is 1.24 bits per heavy atom. The lowest BCUT2D eigenvalue weighted by atomic mass is 10.2. The first-order chi connectivity index (χ1) is 16.0. The first-order valence-corrected chi connectivity index (χ1v) is 11.6. The Kier molecular flexibility index (Phi) is 7.01. The molecule has 1 N–H and O–H groups in total. The van der Waals surface area contributed by atoms with Gasteiger partial charge in [-0.2, -0.15) is 4.98 Å². The molecule has 1 aromatic carbocycles. The van der Waals surface area contributed by atoms with Crippen LogP contribution in [0.2, 0.25) is 0 Å². The van der Waals surface area contributed by atoms with Crippen LogP contribution in [0.1, 0.15) is 24.2 Å². The molecule has 1 aliphatic rings. The zero-order chi connectivity index (χ0) is 23.4. The van der Waals surface area contributed by atoms with Crippen LogP contribution in [-0.2, 0) is 18.3 Å². The molecule has 33 heavy (non-hydrogen) atoms. The molecule has 0 amide bonds. The summed E-state index contributed by atoms with van der Waals surface area (Å²) in [5, 5.41) is 3.78. The van der Waals surface area contributed by atoms with E-state index in [-0.39, 0.29) is 12.2 Å². The van der Waals surface area contributed by atoms with Crippen molar-refractivity contribution in [2.24, 2.45) is 7.05 Å². The van der Waals surface area contributed by atoms with Gasteiger partial charge in [0.05, 0.1) is 18.7 Å². The number of nitrogens with zero attached hydrogens (tertiary/aromatic N) is 5. The van der Waals surface area contributed by atoms with E-state index in [0.717, 1.165) is 26.2 Å². The zero-order valence-electron chi connectivity index (χ0n) is 18.9. The normalized spacial score (nSPS) is 13.6. The number of hydrogen-bond acceptors (Lipinski definition) is 8. The third-order valence-electron chi connectivity index (χ3n) is 5.32. The van der Waals surface area contributed by atoms with Gasteiger partial charge in [-0.05, 0) is 26.0 Å². The average molecular weight is 467 g/mol. The van der Waals surface area contributed by atoms with E-state index in [0.29, 0.717) is 39.3 Å². The van der Waals surface area contributed by atoms with Crippen LogP contribution in [0.4, 0.5) is 5.95 Å². The van der Waals surface area contributed by atoms with Crippen molar-refractivity contribution in [1.29, 1.82) is 0 Å². The Bertz CT molecular complexity index is 1300.